The van der Waals surface area contributed by atoms with E-state index in [0.717, 1.165) is 31.0 Å². The summed E-state index contributed by atoms with van der Waals surface area (Å²) in [5.41, 5.74) is 0. The average molecular weight is 441 g/mol. The van der Waals surface area contributed by atoms with Gasteiger partial charge in [-0.1, -0.05) is 44.4 Å². The van der Waals surface area contributed by atoms with Crippen LogP contribution in [-0.2, 0) is 11.3 Å². The van der Waals surface area contributed by atoms with Crippen LogP contribution in [0.2, 0.25) is 0 Å². The van der Waals surface area contributed by atoms with E-state index >= 15 is 0 Å². The van der Waals surface area contributed by atoms with Crippen LogP contribution in [0.25, 0.3) is 11.6 Å². The third-order valence-corrected chi connectivity index (χ3v) is 5.90. The van der Waals surface area contributed by atoms with Crippen LogP contribution >= 0.6 is 27.7 Å². The Hall–Kier alpha value is -1.28. The number of thioether (sulfide) groups is 1. The molecular formula is C18H25BrN4O2S. The first-order chi connectivity index (χ1) is 12.7. The smallest absolute Gasteiger partial charge is 0.230 e. The molecule has 0 spiro atoms. The van der Waals surface area contributed by atoms with Crippen LogP contribution in [0.5, 0.6) is 0 Å². The lowest BCUT2D eigenvalue weighted by atomic mass is 10.1. The topological polar surface area (TPSA) is 73.0 Å². The molecule has 2 aromatic heterocycles. The van der Waals surface area contributed by atoms with Crippen molar-refractivity contribution in [2.75, 3.05) is 5.75 Å². The quantitative estimate of drug-likeness (QED) is 0.501. The Kier molecular flexibility index (Phi) is 7.19. The number of hydrogen-bond acceptors (Lipinski definition) is 5. The molecule has 1 aliphatic rings. The minimum absolute atomic E-state index is 0.0789. The number of nitrogens with zero attached hydrogens (tertiary/aromatic N) is 3. The molecule has 2 aromatic rings. The monoisotopic (exact) mass is 440 g/mol. The molecule has 1 fully saturated rings. The predicted octanol–water partition coefficient (Wildman–Crippen LogP) is 4.64. The third-order valence-electron chi connectivity index (χ3n) is 4.51. The molecule has 0 aromatic carbocycles. The lowest BCUT2D eigenvalue weighted by Crippen LogP contribution is -2.35. The molecule has 0 saturated heterocycles. The van der Waals surface area contributed by atoms with Crippen molar-refractivity contribution in [3.63, 3.8) is 0 Å². The Labute approximate surface area is 166 Å². The van der Waals surface area contributed by atoms with Crippen LogP contribution in [0, 0.1) is 0 Å². The fourth-order valence-electron chi connectivity index (χ4n) is 3.26. The van der Waals surface area contributed by atoms with Crippen LogP contribution in [-0.4, -0.2) is 32.5 Å². The van der Waals surface area contributed by atoms with Gasteiger partial charge in [-0.05, 0) is 47.3 Å². The van der Waals surface area contributed by atoms with E-state index < -0.39 is 0 Å². The molecule has 26 heavy (non-hydrogen) atoms. The number of rotatable bonds is 7. The number of halogens is 1. The first-order valence-corrected chi connectivity index (χ1v) is 11.1. The van der Waals surface area contributed by atoms with E-state index in [1.54, 1.807) is 0 Å². The summed E-state index contributed by atoms with van der Waals surface area (Å²) in [6.45, 7) is 2.89. The van der Waals surface area contributed by atoms with Gasteiger partial charge in [0.1, 0.15) is 0 Å². The van der Waals surface area contributed by atoms with Crippen molar-refractivity contribution in [2.45, 2.75) is 69.6 Å². The molecule has 6 nitrogen and oxygen atoms in total. The van der Waals surface area contributed by atoms with Crippen molar-refractivity contribution in [1.82, 2.24) is 20.1 Å². The van der Waals surface area contributed by atoms with Gasteiger partial charge < -0.3 is 9.73 Å². The Balaban J connectivity index is 1.62. The molecule has 1 N–H and O–H groups in total. The van der Waals surface area contributed by atoms with E-state index in [1.807, 2.05) is 16.7 Å². The number of carbonyl (C=O) groups is 1. The molecule has 1 amide bonds. The fraction of sp³-hybridized carbons (Fsp3) is 0.611. The molecule has 0 unspecified atom stereocenters. The summed E-state index contributed by atoms with van der Waals surface area (Å²) in [6, 6.07) is 4.04. The maximum absolute atomic E-state index is 12.3. The van der Waals surface area contributed by atoms with Gasteiger partial charge in [-0.25, -0.2) is 0 Å². The van der Waals surface area contributed by atoms with Crippen molar-refractivity contribution < 1.29 is 9.21 Å². The number of hydrogen-bond donors (Lipinski definition) is 1. The molecule has 1 saturated carbocycles. The molecule has 0 bridgehead atoms. The van der Waals surface area contributed by atoms with Gasteiger partial charge in [-0.2, -0.15) is 0 Å². The second-order valence-corrected chi connectivity index (χ2v) is 8.33. The van der Waals surface area contributed by atoms with Crippen molar-refractivity contribution >= 4 is 33.6 Å². The van der Waals surface area contributed by atoms with Crippen LogP contribution < -0.4 is 5.32 Å². The highest BCUT2D eigenvalue weighted by molar-refractivity contribution is 9.10. The van der Waals surface area contributed by atoms with Gasteiger partial charge in [0.05, 0.1) is 5.75 Å². The van der Waals surface area contributed by atoms with E-state index in [4.69, 9.17) is 4.42 Å². The van der Waals surface area contributed by atoms with Gasteiger partial charge in [0, 0.05) is 12.6 Å². The number of aromatic nitrogens is 3. The second-order valence-electron chi connectivity index (χ2n) is 6.61. The summed E-state index contributed by atoms with van der Waals surface area (Å²) in [4.78, 5) is 12.3. The van der Waals surface area contributed by atoms with Crippen molar-refractivity contribution in [3.05, 3.63) is 16.8 Å². The van der Waals surface area contributed by atoms with Crippen molar-refractivity contribution in [1.29, 1.82) is 0 Å². The second kappa shape index (κ2) is 9.60. The molecule has 2 heterocycles. The van der Waals surface area contributed by atoms with Crippen molar-refractivity contribution in [3.8, 4) is 11.6 Å². The van der Waals surface area contributed by atoms with E-state index in [1.165, 1.54) is 37.4 Å². The van der Waals surface area contributed by atoms with Gasteiger partial charge in [0.15, 0.2) is 15.6 Å². The standard InChI is InChI=1S/C18H25BrN4O2S/c1-2-11-23-17(14-9-10-15(19)25-14)21-22-18(23)26-12-16(24)20-13-7-5-3-4-6-8-13/h9-10,13H,2-8,11-12H2,1H3,(H,20,24). The van der Waals surface area contributed by atoms with Crippen LogP contribution in [0.15, 0.2) is 26.4 Å². The van der Waals surface area contributed by atoms with Gasteiger partial charge >= 0.3 is 0 Å². The number of carbonyl (C=O) groups excluding carboxylic acids is 1. The van der Waals surface area contributed by atoms with Gasteiger partial charge in [-0.3, -0.25) is 9.36 Å². The molecular weight excluding hydrogens is 416 g/mol. The highest BCUT2D eigenvalue weighted by Crippen LogP contribution is 2.27. The van der Waals surface area contributed by atoms with E-state index in [9.17, 15) is 4.79 Å². The Morgan fingerprint density at radius 1 is 1.31 bits per heavy atom. The average Bonchev–Trinajstić information content (AvgIpc) is 3.13. The summed E-state index contributed by atoms with van der Waals surface area (Å²) >= 11 is 4.76. The molecule has 3 rings (SSSR count). The molecule has 8 heteroatoms. The summed E-state index contributed by atoms with van der Waals surface area (Å²) in [5, 5.41) is 12.5. The van der Waals surface area contributed by atoms with Crippen LogP contribution in [0.4, 0.5) is 0 Å². The lowest BCUT2D eigenvalue weighted by Gasteiger charge is -2.16. The zero-order valence-corrected chi connectivity index (χ0v) is 17.4. The summed E-state index contributed by atoms with van der Waals surface area (Å²) in [6.07, 6.45) is 8.14. The van der Waals surface area contributed by atoms with E-state index in [-0.39, 0.29) is 5.91 Å². The summed E-state index contributed by atoms with van der Waals surface area (Å²) in [7, 11) is 0. The Morgan fingerprint density at radius 3 is 2.73 bits per heavy atom. The minimum Gasteiger partial charge on any atom is -0.446 e. The maximum Gasteiger partial charge on any atom is 0.230 e. The number of amides is 1. The van der Waals surface area contributed by atoms with Gasteiger partial charge in [-0.15, -0.1) is 10.2 Å². The zero-order chi connectivity index (χ0) is 18.4. The Bertz CT molecular complexity index is 723. The summed E-state index contributed by atoms with van der Waals surface area (Å²) in [5.74, 6) is 1.81. The molecule has 0 aliphatic heterocycles. The predicted molar refractivity (Wildman–Crippen MR) is 106 cm³/mol. The van der Waals surface area contributed by atoms with Crippen LogP contribution in [0.1, 0.15) is 51.9 Å². The molecule has 142 valence electrons. The van der Waals surface area contributed by atoms with Gasteiger partial charge in [0.25, 0.3) is 0 Å². The maximum atomic E-state index is 12.3. The van der Waals surface area contributed by atoms with Crippen LogP contribution in [0.3, 0.4) is 0 Å². The Morgan fingerprint density at radius 2 is 2.08 bits per heavy atom. The zero-order valence-electron chi connectivity index (χ0n) is 15.0. The normalized spacial score (nSPS) is 15.8. The number of nitrogens with one attached hydrogen (secondary N) is 1. The first kappa shape index (κ1) is 19.5. The highest BCUT2D eigenvalue weighted by atomic mass is 79.9. The van der Waals surface area contributed by atoms with Crippen molar-refractivity contribution in [2.24, 2.45) is 0 Å². The summed E-state index contributed by atoms with van der Waals surface area (Å²) < 4.78 is 8.30. The third kappa shape index (κ3) is 5.13. The first-order valence-electron chi connectivity index (χ1n) is 9.28. The largest absolute Gasteiger partial charge is 0.446 e. The molecule has 0 atom stereocenters. The lowest BCUT2D eigenvalue weighted by molar-refractivity contribution is -0.119. The van der Waals surface area contributed by atoms with E-state index in [0.29, 0.717) is 28.0 Å². The highest BCUT2D eigenvalue weighted by Gasteiger charge is 2.19. The van der Waals surface area contributed by atoms with E-state index in [2.05, 4.69) is 38.4 Å². The molecule has 0 radical (unpaired) electrons. The fourth-order valence-corrected chi connectivity index (χ4v) is 4.34. The number of furan rings is 1. The molecule has 1 aliphatic carbocycles. The SMILES string of the molecule is CCCn1c(SCC(=O)NC2CCCCCC2)nnc1-c1ccc(Br)o1. The van der Waals surface area contributed by atoms with Gasteiger partial charge in [0.2, 0.25) is 11.7 Å². The minimum atomic E-state index is 0.0789.